The van der Waals surface area contributed by atoms with E-state index >= 15 is 0 Å². The van der Waals surface area contributed by atoms with Crippen LogP contribution in [0.15, 0.2) is 30.3 Å². The Morgan fingerprint density at radius 3 is 2.61 bits per heavy atom. The topological polar surface area (TPSA) is 60.8 Å². The molecule has 0 saturated carbocycles. The predicted octanol–water partition coefficient (Wildman–Crippen LogP) is 0.572. The van der Waals surface area contributed by atoms with E-state index in [1.165, 1.54) is 11.0 Å². The van der Waals surface area contributed by atoms with Crippen molar-refractivity contribution in [2.75, 3.05) is 13.1 Å². The lowest BCUT2D eigenvalue weighted by Gasteiger charge is -2.12. The van der Waals surface area contributed by atoms with E-state index in [2.05, 4.69) is 0 Å². The maximum atomic E-state index is 11.8. The lowest BCUT2D eigenvalue weighted by atomic mass is 10.1. The molecule has 1 aromatic carbocycles. The second-order valence-corrected chi connectivity index (χ2v) is 4.63. The monoisotopic (exact) mass is 247 g/mol. The van der Waals surface area contributed by atoms with Crippen molar-refractivity contribution in [1.29, 1.82) is 0 Å². The van der Waals surface area contributed by atoms with Gasteiger partial charge in [-0.25, -0.2) is 0 Å². The van der Waals surface area contributed by atoms with Crippen LogP contribution in [0.5, 0.6) is 0 Å². The Hall–Kier alpha value is -1.65. The zero-order chi connectivity index (χ0) is 13.1. The SMILES string of the molecule is Cc1cccc(C=CC(=O)N2C[C@@H](O)[C@@H](O)C2)c1. The molecule has 1 aliphatic rings. The van der Waals surface area contributed by atoms with Gasteiger partial charge in [-0.15, -0.1) is 0 Å². The molecule has 18 heavy (non-hydrogen) atoms. The number of amides is 1. The molecule has 2 N–H and O–H groups in total. The largest absolute Gasteiger partial charge is 0.388 e. The van der Waals surface area contributed by atoms with Crippen molar-refractivity contribution in [2.24, 2.45) is 0 Å². The lowest BCUT2D eigenvalue weighted by molar-refractivity contribution is -0.125. The Kier molecular flexibility index (Phi) is 3.79. The van der Waals surface area contributed by atoms with Crippen LogP contribution < -0.4 is 0 Å². The van der Waals surface area contributed by atoms with E-state index in [0.29, 0.717) is 0 Å². The molecule has 1 aromatic rings. The second-order valence-electron chi connectivity index (χ2n) is 4.63. The normalized spacial score (nSPS) is 23.8. The van der Waals surface area contributed by atoms with Crippen LogP contribution in [-0.4, -0.2) is 46.3 Å². The van der Waals surface area contributed by atoms with E-state index in [0.717, 1.165) is 11.1 Å². The van der Waals surface area contributed by atoms with Crippen molar-refractivity contribution in [3.8, 4) is 0 Å². The maximum absolute atomic E-state index is 11.8. The number of hydrogen-bond donors (Lipinski definition) is 2. The average molecular weight is 247 g/mol. The number of aliphatic hydroxyl groups excluding tert-OH is 2. The fourth-order valence-electron chi connectivity index (χ4n) is 2.00. The summed E-state index contributed by atoms with van der Waals surface area (Å²) in [6.07, 6.45) is 1.55. The van der Waals surface area contributed by atoms with E-state index in [-0.39, 0.29) is 19.0 Å². The highest BCUT2D eigenvalue weighted by Gasteiger charge is 2.31. The number of carbonyl (C=O) groups is 1. The highest BCUT2D eigenvalue weighted by Crippen LogP contribution is 2.11. The van der Waals surface area contributed by atoms with Gasteiger partial charge in [-0.05, 0) is 18.6 Å². The summed E-state index contributed by atoms with van der Waals surface area (Å²) in [5.41, 5.74) is 2.10. The average Bonchev–Trinajstić information content (AvgIpc) is 2.67. The molecule has 0 unspecified atom stereocenters. The summed E-state index contributed by atoms with van der Waals surface area (Å²) in [6, 6.07) is 7.83. The fourth-order valence-corrected chi connectivity index (χ4v) is 2.00. The number of hydrogen-bond acceptors (Lipinski definition) is 3. The van der Waals surface area contributed by atoms with E-state index in [9.17, 15) is 15.0 Å². The van der Waals surface area contributed by atoms with Crippen LogP contribution >= 0.6 is 0 Å². The molecule has 2 atom stereocenters. The molecule has 0 radical (unpaired) electrons. The summed E-state index contributed by atoms with van der Waals surface area (Å²) in [6.45, 7) is 2.38. The number of β-amino-alcohol motifs (C(OH)–C–C–N with tert-alkyl or cyclic N) is 2. The smallest absolute Gasteiger partial charge is 0.246 e. The minimum Gasteiger partial charge on any atom is -0.388 e. The third-order valence-electron chi connectivity index (χ3n) is 3.03. The number of likely N-dealkylation sites (tertiary alicyclic amines) is 1. The van der Waals surface area contributed by atoms with Gasteiger partial charge in [0.15, 0.2) is 0 Å². The Bertz CT molecular complexity index is 460. The molecule has 1 fully saturated rings. The molecule has 1 aliphatic heterocycles. The first-order chi connectivity index (χ1) is 8.56. The summed E-state index contributed by atoms with van der Waals surface area (Å²) in [5.74, 6) is -0.188. The number of rotatable bonds is 2. The zero-order valence-corrected chi connectivity index (χ0v) is 10.3. The molecule has 1 amide bonds. The van der Waals surface area contributed by atoms with Gasteiger partial charge >= 0.3 is 0 Å². The highest BCUT2D eigenvalue weighted by atomic mass is 16.3. The molecule has 4 heteroatoms. The number of carbonyl (C=O) groups excluding carboxylic acids is 1. The van der Waals surface area contributed by atoms with E-state index in [1.807, 2.05) is 31.2 Å². The number of benzene rings is 1. The van der Waals surface area contributed by atoms with Crippen molar-refractivity contribution in [2.45, 2.75) is 19.1 Å². The molecule has 1 heterocycles. The summed E-state index contributed by atoms with van der Waals surface area (Å²) in [7, 11) is 0. The fraction of sp³-hybridized carbons (Fsp3) is 0.357. The Labute approximate surface area is 106 Å². The minimum atomic E-state index is -0.832. The molecular weight excluding hydrogens is 230 g/mol. The van der Waals surface area contributed by atoms with E-state index in [4.69, 9.17) is 0 Å². The molecule has 0 aliphatic carbocycles. The van der Waals surface area contributed by atoms with Gasteiger partial charge in [0.2, 0.25) is 5.91 Å². The first-order valence-electron chi connectivity index (χ1n) is 5.96. The standard InChI is InChI=1S/C14H17NO3/c1-10-3-2-4-11(7-10)5-6-14(18)15-8-12(16)13(17)9-15/h2-7,12-13,16-17H,8-9H2,1H3/t12-,13+. The third-order valence-corrected chi connectivity index (χ3v) is 3.03. The van der Waals surface area contributed by atoms with Gasteiger partial charge in [0.05, 0.1) is 12.2 Å². The van der Waals surface area contributed by atoms with Crippen LogP contribution in [0.25, 0.3) is 6.08 Å². The van der Waals surface area contributed by atoms with E-state index in [1.54, 1.807) is 6.08 Å². The quantitative estimate of drug-likeness (QED) is 0.751. The van der Waals surface area contributed by atoms with Crippen molar-refractivity contribution < 1.29 is 15.0 Å². The molecule has 0 aromatic heterocycles. The van der Waals surface area contributed by atoms with Crippen LogP contribution in [0.4, 0.5) is 0 Å². The van der Waals surface area contributed by atoms with Crippen molar-refractivity contribution >= 4 is 12.0 Å². The molecule has 0 bridgehead atoms. The summed E-state index contributed by atoms with van der Waals surface area (Å²) < 4.78 is 0. The zero-order valence-electron chi connectivity index (χ0n) is 10.3. The Balaban J connectivity index is 1.99. The van der Waals surface area contributed by atoms with Gasteiger partial charge < -0.3 is 15.1 Å². The Morgan fingerprint density at radius 1 is 1.33 bits per heavy atom. The maximum Gasteiger partial charge on any atom is 0.246 e. The summed E-state index contributed by atoms with van der Waals surface area (Å²) in [4.78, 5) is 13.3. The molecule has 1 saturated heterocycles. The van der Waals surface area contributed by atoms with Gasteiger partial charge in [0.1, 0.15) is 0 Å². The molecule has 96 valence electrons. The van der Waals surface area contributed by atoms with Crippen molar-refractivity contribution in [3.05, 3.63) is 41.5 Å². The summed E-state index contributed by atoms with van der Waals surface area (Å²) in [5, 5.41) is 18.7. The minimum absolute atomic E-state index is 0.188. The van der Waals surface area contributed by atoms with Gasteiger partial charge in [-0.1, -0.05) is 29.8 Å². The number of aliphatic hydroxyl groups is 2. The van der Waals surface area contributed by atoms with Crippen LogP contribution in [0.2, 0.25) is 0 Å². The molecule has 0 spiro atoms. The van der Waals surface area contributed by atoms with Crippen molar-refractivity contribution in [1.82, 2.24) is 4.90 Å². The summed E-state index contributed by atoms with van der Waals surface area (Å²) >= 11 is 0. The lowest BCUT2D eigenvalue weighted by Crippen LogP contribution is -2.27. The van der Waals surface area contributed by atoms with Gasteiger partial charge in [-0.3, -0.25) is 4.79 Å². The highest BCUT2D eigenvalue weighted by molar-refractivity contribution is 5.92. The molecule has 2 rings (SSSR count). The Morgan fingerprint density at radius 2 is 2.00 bits per heavy atom. The number of nitrogens with zero attached hydrogens (tertiary/aromatic N) is 1. The first kappa shape index (κ1) is 12.8. The van der Waals surface area contributed by atoms with Crippen LogP contribution in [0, 0.1) is 6.92 Å². The van der Waals surface area contributed by atoms with E-state index < -0.39 is 12.2 Å². The van der Waals surface area contributed by atoms with Crippen LogP contribution in [-0.2, 0) is 4.79 Å². The predicted molar refractivity (Wildman–Crippen MR) is 68.8 cm³/mol. The van der Waals surface area contributed by atoms with Crippen LogP contribution in [0.1, 0.15) is 11.1 Å². The third kappa shape index (κ3) is 2.97. The molecule has 4 nitrogen and oxygen atoms in total. The van der Waals surface area contributed by atoms with Gasteiger partial charge in [-0.2, -0.15) is 0 Å². The van der Waals surface area contributed by atoms with Crippen molar-refractivity contribution in [3.63, 3.8) is 0 Å². The first-order valence-corrected chi connectivity index (χ1v) is 5.96. The van der Waals surface area contributed by atoms with Gasteiger partial charge in [0.25, 0.3) is 0 Å². The molecular formula is C14H17NO3. The second kappa shape index (κ2) is 5.33. The van der Waals surface area contributed by atoms with Crippen LogP contribution in [0.3, 0.4) is 0 Å². The van der Waals surface area contributed by atoms with Gasteiger partial charge in [0, 0.05) is 19.2 Å². The number of aryl methyl sites for hydroxylation is 1.